The molecular formula is C12H15FN2OS. The van der Waals surface area contributed by atoms with Crippen molar-refractivity contribution in [2.75, 3.05) is 25.6 Å². The molecule has 2 aromatic rings. The minimum absolute atomic E-state index is 0.215. The van der Waals surface area contributed by atoms with Crippen molar-refractivity contribution in [3.8, 4) is 0 Å². The van der Waals surface area contributed by atoms with E-state index >= 15 is 0 Å². The Bertz CT molecular complexity index is 486. The van der Waals surface area contributed by atoms with Crippen LogP contribution in [0.4, 0.5) is 9.52 Å². The van der Waals surface area contributed by atoms with Crippen LogP contribution in [0.1, 0.15) is 12.8 Å². The van der Waals surface area contributed by atoms with Crippen LogP contribution in [0.5, 0.6) is 0 Å². The normalized spacial score (nSPS) is 10.9. The molecule has 0 saturated heterocycles. The number of nitrogens with one attached hydrogen (secondary N) is 1. The van der Waals surface area contributed by atoms with E-state index in [-0.39, 0.29) is 5.82 Å². The van der Waals surface area contributed by atoms with Gasteiger partial charge in [0.2, 0.25) is 0 Å². The number of rotatable bonds is 6. The summed E-state index contributed by atoms with van der Waals surface area (Å²) in [6.07, 6.45) is 2.07. The maximum absolute atomic E-state index is 13.0. The van der Waals surface area contributed by atoms with Gasteiger partial charge in [-0.15, -0.1) is 0 Å². The Morgan fingerprint density at radius 2 is 2.29 bits per heavy atom. The molecule has 0 atom stereocenters. The van der Waals surface area contributed by atoms with E-state index in [9.17, 15) is 4.39 Å². The standard InChI is InChI=1S/C12H15FN2OS/c1-16-7-3-2-6-14-12-15-10-5-4-9(13)8-11(10)17-12/h4-5,8H,2-3,6-7H2,1H3,(H,14,15). The van der Waals surface area contributed by atoms with Gasteiger partial charge in [0, 0.05) is 20.3 Å². The third kappa shape index (κ3) is 3.38. The molecule has 3 nitrogen and oxygen atoms in total. The molecule has 17 heavy (non-hydrogen) atoms. The molecule has 1 N–H and O–H groups in total. The molecule has 0 spiro atoms. The topological polar surface area (TPSA) is 34.1 Å². The molecular weight excluding hydrogens is 239 g/mol. The van der Waals surface area contributed by atoms with Gasteiger partial charge in [-0.3, -0.25) is 0 Å². The van der Waals surface area contributed by atoms with Gasteiger partial charge in [0.25, 0.3) is 0 Å². The van der Waals surface area contributed by atoms with Crippen LogP contribution in [0.25, 0.3) is 10.2 Å². The first-order valence-electron chi connectivity index (χ1n) is 5.58. The van der Waals surface area contributed by atoms with Gasteiger partial charge in [-0.2, -0.15) is 0 Å². The predicted molar refractivity (Wildman–Crippen MR) is 69.2 cm³/mol. The summed E-state index contributed by atoms with van der Waals surface area (Å²) < 4.78 is 18.8. The lowest BCUT2D eigenvalue weighted by atomic mass is 10.3. The Morgan fingerprint density at radius 3 is 3.12 bits per heavy atom. The van der Waals surface area contributed by atoms with Gasteiger partial charge in [-0.05, 0) is 31.0 Å². The average Bonchev–Trinajstić information content (AvgIpc) is 2.70. The van der Waals surface area contributed by atoms with Gasteiger partial charge in [-0.25, -0.2) is 9.37 Å². The zero-order valence-electron chi connectivity index (χ0n) is 9.70. The number of fused-ring (bicyclic) bond motifs is 1. The molecule has 0 radical (unpaired) electrons. The summed E-state index contributed by atoms with van der Waals surface area (Å²) in [6, 6.07) is 4.66. The summed E-state index contributed by atoms with van der Waals surface area (Å²) in [5, 5.41) is 4.09. The van der Waals surface area contributed by atoms with Crippen LogP contribution in [0.15, 0.2) is 18.2 Å². The monoisotopic (exact) mass is 254 g/mol. The molecule has 0 fully saturated rings. The third-order valence-corrected chi connectivity index (χ3v) is 3.38. The third-order valence-electron chi connectivity index (χ3n) is 2.40. The van der Waals surface area contributed by atoms with Crippen molar-refractivity contribution in [1.29, 1.82) is 0 Å². The van der Waals surface area contributed by atoms with Crippen LogP contribution in [0, 0.1) is 5.82 Å². The van der Waals surface area contributed by atoms with E-state index in [0.29, 0.717) is 0 Å². The van der Waals surface area contributed by atoms with Crippen molar-refractivity contribution < 1.29 is 9.13 Å². The second-order valence-electron chi connectivity index (χ2n) is 3.76. The summed E-state index contributed by atoms with van der Waals surface area (Å²) in [5.41, 5.74) is 0.843. The fourth-order valence-corrected chi connectivity index (χ4v) is 2.46. The van der Waals surface area contributed by atoms with E-state index in [0.717, 1.165) is 41.3 Å². The van der Waals surface area contributed by atoms with Crippen LogP contribution >= 0.6 is 11.3 Å². The van der Waals surface area contributed by atoms with Gasteiger partial charge in [0.1, 0.15) is 5.82 Å². The first-order valence-corrected chi connectivity index (χ1v) is 6.40. The highest BCUT2D eigenvalue weighted by atomic mass is 32.1. The van der Waals surface area contributed by atoms with Crippen molar-refractivity contribution in [2.45, 2.75) is 12.8 Å². The van der Waals surface area contributed by atoms with Crippen LogP contribution < -0.4 is 5.32 Å². The van der Waals surface area contributed by atoms with E-state index in [1.54, 1.807) is 13.2 Å². The highest BCUT2D eigenvalue weighted by molar-refractivity contribution is 7.22. The number of halogens is 1. The number of methoxy groups -OCH3 is 1. The number of anilines is 1. The lowest BCUT2D eigenvalue weighted by Gasteiger charge is -2.01. The molecule has 0 aliphatic rings. The molecule has 92 valence electrons. The number of thiazole rings is 1. The molecule has 0 amide bonds. The Kier molecular flexibility index (Phi) is 4.28. The zero-order valence-corrected chi connectivity index (χ0v) is 10.5. The van der Waals surface area contributed by atoms with Crippen LogP contribution in [0.2, 0.25) is 0 Å². The van der Waals surface area contributed by atoms with E-state index in [2.05, 4.69) is 10.3 Å². The Balaban J connectivity index is 1.91. The van der Waals surface area contributed by atoms with Gasteiger partial charge < -0.3 is 10.1 Å². The molecule has 0 aliphatic carbocycles. The summed E-state index contributed by atoms with van der Waals surface area (Å²) >= 11 is 1.48. The maximum Gasteiger partial charge on any atom is 0.183 e. The maximum atomic E-state index is 13.0. The summed E-state index contributed by atoms with van der Waals surface area (Å²) in [6.45, 7) is 1.65. The van der Waals surface area contributed by atoms with Gasteiger partial charge in [0.05, 0.1) is 10.2 Å². The molecule has 1 heterocycles. The van der Waals surface area contributed by atoms with E-state index in [1.165, 1.54) is 23.5 Å². The second kappa shape index (κ2) is 5.93. The van der Waals surface area contributed by atoms with Crippen LogP contribution in [-0.4, -0.2) is 25.2 Å². The summed E-state index contributed by atoms with van der Waals surface area (Å²) in [5.74, 6) is -0.215. The minimum atomic E-state index is -0.215. The number of hydrogen-bond acceptors (Lipinski definition) is 4. The minimum Gasteiger partial charge on any atom is -0.385 e. The van der Waals surface area contributed by atoms with Gasteiger partial charge in [-0.1, -0.05) is 11.3 Å². The molecule has 1 aromatic heterocycles. The molecule has 5 heteroatoms. The lowest BCUT2D eigenvalue weighted by Crippen LogP contribution is -2.02. The molecule has 0 saturated carbocycles. The second-order valence-corrected chi connectivity index (χ2v) is 4.79. The number of unbranched alkanes of at least 4 members (excludes halogenated alkanes) is 1. The largest absolute Gasteiger partial charge is 0.385 e. The van der Waals surface area contributed by atoms with Crippen molar-refractivity contribution in [3.63, 3.8) is 0 Å². The predicted octanol–water partition coefficient (Wildman–Crippen LogP) is 3.27. The highest BCUT2D eigenvalue weighted by Gasteiger charge is 2.03. The van der Waals surface area contributed by atoms with Crippen LogP contribution in [0.3, 0.4) is 0 Å². The zero-order chi connectivity index (χ0) is 12.1. The number of nitrogens with zero attached hydrogens (tertiary/aromatic N) is 1. The van der Waals surface area contributed by atoms with Crippen molar-refractivity contribution in [1.82, 2.24) is 4.98 Å². The number of ether oxygens (including phenoxy) is 1. The fraction of sp³-hybridized carbons (Fsp3) is 0.417. The molecule has 2 rings (SSSR count). The van der Waals surface area contributed by atoms with Gasteiger partial charge in [0.15, 0.2) is 5.13 Å². The highest BCUT2D eigenvalue weighted by Crippen LogP contribution is 2.26. The molecule has 0 aliphatic heterocycles. The van der Waals surface area contributed by atoms with Crippen molar-refractivity contribution in [3.05, 3.63) is 24.0 Å². The number of benzene rings is 1. The summed E-state index contributed by atoms with van der Waals surface area (Å²) in [7, 11) is 1.70. The SMILES string of the molecule is COCCCCNc1nc2ccc(F)cc2s1. The molecule has 0 bridgehead atoms. The lowest BCUT2D eigenvalue weighted by molar-refractivity contribution is 0.194. The Hall–Kier alpha value is -1.20. The van der Waals surface area contributed by atoms with E-state index in [4.69, 9.17) is 4.74 Å². The fourth-order valence-electron chi connectivity index (χ4n) is 1.54. The number of aromatic nitrogens is 1. The first kappa shape index (κ1) is 12.3. The Labute approximate surface area is 104 Å². The molecule has 0 unspecified atom stereocenters. The van der Waals surface area contributed by atoms with Gasteiger partial charge >= 0.3 is 0 Å². The van der Waals surface area contributed by atoms with Crippen molar-refractivity contribution >= 4 is 26.7 Å². The van der Waals surface area contributed by atoms with E-state index in [1.807, 2.05) is 0 Å². The Morgan fingerprint density at radius 1 is 1.41 bits per heavy atom. The first-order chi connectivity index (χ1) is 8.29. The quantitative estimate of drug-likeness (QED) is 0.803. The van der Waals surface area contributed by atoms with E-state index < -0.39 is 0 Å². The summed E-state index contributed by atoms with van der Waals surface area (Å²) in [4.78, 5) is 4.38. The molecule has 1 aromatic carbocycles. The average molecular weight is 254 g/mol. The smallest absolute Gasteiger partial charge is 0.183 e. The number of hydrogen-bond donors (Lipinski definition) is 1. The van der Waals surface area contributed by atoms with Crippen molar-refractivity contribution in [2.24, 2.45) is 0 Å². The van der Waals surface area contributed by atoms with Crippen LogP contribution in [-0.2, 0) is 4.74 Å².